The minimum Gasteiger partial charge on any atom is -0.261 e. The van der Waals surface area contributed by atoms with Crippen molar-refractivity contribution in [3.63, 3.8) is 0 Å². The fourth-order valence-corrected chi connectivity index (χ4v) is 1.71. The first-order valence-corrected chi connectivity index (χ1v) is 5.25. The number of nitrogens with zero attached hydrogens (tertiary/aromatic N) is 2. The van der Waals surface area contributed by atoms with Crippen molar-refractivity contribution in [1.82, 2.24) is 4.98 Å². The molecular weight excluding hydrogens is 215 g/mol. The number of aryl methyl sites for hydroxylation is 2. The van der Waals surface area contributed by atoms with E-state index in [2.05, 4.69) is 11.1 Å². The Balaban J connectivity index is 2.69. The number of pyridine rings is 1. The fourth-order valence-electron chi connectivity index (χ4n) is 1.71. The van der Waals surface area contributed by atoms with E-state index in [-0.39, 0.29) is 5.82 Å². The van der Waals surface area contributed by atoms with Crippen LogP contribution in [0, 0.1) is 31.0 Å². The van der Waals surface area contributed by atoms with Crippen LogP contribution in [0.25, 0.3) is 11.1 Å². The number of rotatable bonds is 1. The van der Waals surface area contributed by atoms with Gasteiger partial charge in [0.05, 0.1) is 11.6 Å². The maximum atomic E-state index is 13.7. The molecule has 1 heterocycles. The van der Waals surface area contributed by atoms with Crippen molar-refractivity contribution in [2.75, 3.05) is 0 Å². The van der Waals surface area contributed by atoms with E-state index in [1.807, 2.05) is 6.92 Å². The summed E-state index contributed by atoms with van der Waals surface area (Å²) in [6.45, 7) is 3.69. The Morgan fingerprint density at radius 1 is 1.18 bits per heavy atom. The molecule has 0 aliphatic carbocycles. The van der Waals surface area contributed by atoms with Gasteiger partial charge in [0.2, 0.25) is 0 Å². The quantitative estimate of drug-likeness (QED) is 0.747. The SMILES string of the molecule is Cc1ccc(F)c(-c2cnc(C)cc2C#N)c1. The first-order chi connectivity index (χ1) is 8.11. The Labute approximate surface area is 99.4 Å². The zero-order valence-electron chi connectivity index (χ0n) is 9.66. The summed E-state index contributed by atoms with van der Waals surface area (Å²) in [5.41, 5.74) is 3.11. The molecule has 3 heteroatoms. The van der Waals surface area contributed by atoms with Crippen molar-refractivity contribution in [1.29, 1.82) is 5.26 Å². The van der Waals surface area contributed by atoms with E-state index in [0.29, 0.717) is 16.7 Å². The molecule has 0 unspecified atom stereocenters. The molecule has 1 aromatic carbocycles. The zero-order valence-corrected chi connectivity index (χ0v) is 9.66. The van der Waals surface area contributed by atoms with Gasteiger partial charge in [-0.2, -0.15) is 5.26 Å². The average Bonchev–Trinajstić information content (AvgIpc) is 2.32. The molecule has 0 atom stereocenters. The molecule has 2 nitrogen and oxygen atoms in total. The molecule has 17 heavy (non-hydrogen) atoms. The number of halogens is 1. The van der Waals surface area contributed by atoms with Gasteiger partial charge in [-0.05, 0) is 32.0 Å². The van der Waals surface area contributed by atoms with Crippen LogP contribution in [0.15, 0.2) is 30.5 Å². The molecule has 0 N–H and O–H groups in total. The highest BCUT2D eigenvalue weighted by Gasteiger charge is 2.10. The van der Waals surface area contributed by atoms with Crippen molar-refractivity contribution in [3.8, 4) is 17.2 Å². The van der Waals surface area contributed by atoms with Crippen LogP contribution in [0.4, 0.5) is 4.39 Å². The van der Waals surface area contributed by atoms with Gasteiger partial charge in [-0.15, -0.1) is 0 Å². The maximum absolute atomic E-state index is 13.7. The molecule has 2 aromatic rings. The van der Waals surface area contributed by atoms with Gasteiger partial charge in [0.25, 0.3) is 0 Å². The second-order valence-electron chi connectivity index (χ2n) is 3.97. The van der Waals surface area contributed by atoms with Crippen molar-refractivity contribution in [3.05, 3.63) is 53.1 Å². The predicted molar refractivity (Wildman–Crippen MR) is 63.8 cm³/mol. The van der Waals surface area contributed by atoms with Gasteiger partial charge in [-0.1, -0.05) is 11.6 Å². The average molecular weight is 226 g/mol. The molecule has 0 amide bonds. The highest BCUT2D eigenvalue weighted by Crippen LogP contribution is 2.26. The third kappa shape index (κ3) is 2.16. The fraction of sp³-hybridized carbons (Fsp3) is 0.143. The van der Waals surface area contributed by atoms with Crippen LogP contribution < -0.4 is 0 Å². The number of aromatic nitrogens is 1. The van der Waals surface area contributed by atoms with Gasteiger partial charge in [0.1, 0.15) is 5.82 Å². The van der Waals surface area contributed by atoms with Crippen LogP contribution >= 0.6 is 0 Å². The van der Waals surface area contributed by atoms with E-state index < -0.39 is 0 Å². The van der Waals surface area contributed by atoms with Crippen LogP contribution in [-0.4, -0.2) is 4.98 Å². The summed E-state index contributed by atoms with van der Waals surface area (Å²) in [6.07, 6.45) is 1.55. The van der Waals surface area contributed by atoms with Crippen molar-refractivity contribution in [2.45, 2.75) is 13.8 Å². The predicted octanol–water partition coefficient (Wildman–Crippen LogP) is 3.38. The molecule has 0 fully saturated rings. The molecule has 0 spiro atoms. The molecular formula is C14H11FN2. The lowest BCUT2D eigenvalue weighted by Crippen LogP contribution is -1.92. The lowest BCUT2D eigenvalue weighted by molar-refractivity contribution is 0.631. The van der Waals surface area contributed by atoms with Crippen LogP contribution in [-0.2, 0) is 0 Å². The minimum absolute atomic E-state index is 0.335. The number of nitriles is 1. The van der Waals surface area contributed by atoms with Gasteiger partial charge in [0, 0.05) is 23.0 Å². The van der Waals surface area contributed by atoms with Crippen LogP contribution in [0.1, 0.15) is 16.8 Å². The summed E-state index contributed by atoms with van der Waals surface area (Å²) in [5, 5.41) is 9.06. The summed E-state index contributed by atoms with van der Waals surface area (Å²) < 4.78 is 13.7. The molecule has 1 aromatic heterocycles. The highest BCUT2D eigenvalue weighted by molar-refractivity contribution is 5.70. The summed E-state index contributed by atoms with van der Waals surface area (Å²) >= 11 is 0. The van der Waals surface area contributed by atoms with Gasteiger partial charge in [0.15, 0.2) is 0 Å². The second kappa shape index (κ2) is 4.34. The number of hydrogen-bond donors (Lipinski definition) is 0. The Morgan fingerprint density at radius 2 is 1.94 bits per heavy atom. The number of benzene rings is 1. The Kier molecular flexibility index (Phi) is 2.88. The Hall–Kier alpha value is -2.21. The van der Waals surface area contributed by atoms with E-state index in [1.54, 1.807) is 31.3 Å². The molecule has 0 saturated heterocycles. The van der Waals surface area contributed by atoms with Gasteiger partial charge in [-0.3, -0.25) is 4.98 Å². The van der Waals surface area contributed by atoms with Crippen LogP contribution in [0.3, 0.4) is 0 Å². The van der Waals surface area contributed by atoms with Gasteiger partial charge in [-0.25, -0.2) is 4.39 Å². The molecule has 0 bridgehead atoms. The lowest BCUT2D eigenvalue weighted by atomic mass is 10.00. The number of hydrogen-bond acceptors (Lipinski definition) is 2. The maximum Gasteiger partial charge on any atom is 0.131 e. The third-order valence-electron chi connectivity index (χ3n) is 2.57. The smallest absolute Gasteiger partial charge is 0.131 e. The highest BCUT2D eigenvalue weighted by atomic mass is 19.1. The molecule has 0 radical (unpaired) electrons. The van der Waals surface area contributed by atoms with E-state index in [1.165, 1.54) is 6.07 Å². The van der Waals surface area contributed by atoms with Crippen molar-refractivity contribution >= 4 is 0 Å². The van der Waals surface area contributed by atoms with Crippen molar-refractivity contribution in [2.24, 2.45) is 0 Å². The molecule has 2 rings (SSSR count). The van der Waals surface area contributed by atoms with E-state index in [9.17, 15) is 4.39 Å². The van der Waals surface area contributed by atoms with E-state index >= 15 is 0 Å². The lowest BCUT2D eigenvalue weighted by Gasteiger charge is -2.07. The topological polar surface area (TPSA) is 36.7 Å². The zero-order chi connectivity index (χ0) is 12.4. The minimum atomic E-state index is -0.335. The van der Waals surface area contributed by atoms with Gasteiger partial charge >= 0.3 is 0 Å². The summed E-state index contributed by atoms with van der Waals surface area (Å²) in [4.78, 5) is 4.12. The summed E-state index contributed by atoms with van der Waals surface area (Å²) in [7, 11) is 0. The Bertz CT molecular complexity index is 612. The standard InChI is InChI=1S/C14H11FN2/c1-9-3-4-14(15)12(5-9)13-8-17-10(2)6-11(13)7-16/h3-6,8H,1-2H3. The van der Waals surface area contributed by atoms with Crippen molar-refractivity contribution < 1.29 is 4.39 Å². The monoisotopic (exact) mass is 226 g/mol. The largest absolute Gasteiger partial charge is 0.261 e. The van der Waals surface area contributed by atoms with E-state index in [4.69, 9.17) is 5.26 Å². The molecule has 0 saturated carbocycles. The second-order valence-corrected chi connectivity index (χ2v) is 3.97. The Morgan fingerprint density at radius 3 is 2.65 bits per heavy atom. The molecule has 84 valence electrons. The van der Waals surface area contributed by atoms with Gasteiger partial charge < -0.3 is 0 Å². The van der Waals surface area contributed by atoms with Crippen LogP contribution in [0.2, 0.25) is 0 Å². The summed E-state index contributed by atoms with van der Waals surface area (Å²) in [5.74, 6) is -0.335. The third-order valence-corrected chi connectivity index (χ3v) is 2.57. The van der Waals surface area contributed by atoms with E-state index in [0.717, 1.165) is 11.3 Å². The first-order valence-electron chi connectivity index (χ1n) is 5.25. The summed E-state index contributed by atoms with van der Waals surface area (Å²) in [6, 6.07) is 8.57. The normalized spacial score (nSPS) is 10.0. The van der Waals surface area contributed by atoms with Crippen LogP contribution in [0.5, 0.6) is 0 Å². The molecule has 0 aliphatic heterocycles. The molecule has 0 aliphatic rings. The first kappa shape index (κ1) is 11.3.